The molecule has 2 rings (SSSR count). The Morgan fingerprint density at radius 2 is 1.72 bits per heavy atom. The zero-order valence-electron chi connectivity index (χ0n) is 15.2. The standard InChI is InChI=1S/C20H27N3O.HI/c1-20(2,13-16-9-5-4-6-10-16)15-22-19(21)23-18-12-8-7-11-17(18)14-24-3;/h4-12H,13-15H2,1-3H3,(H3,21,22,23);1H. The van der Waals surface area contributed by atoms with Crippen molar-refractivity contribution in [2.45, 2.75) is 26.9 Å². The summed E-state index contributed by atoms with van der Waals surface area (Å²) in [4.78, 5) is 4.53. The second-order valence-electron chi connectivity index (χ2n) is 6.74. The highest BCUT2D eigenvalue weighted by atomic mass is 127. The van der Waals surface area contributed by atoms with Gasteiger partial charge in [-0.25, -0.2) is 0 Å². The molecule has 3 N–H and O–H groups in total. The number of aliphatic imine (C=N–C) groups is 1. The SMILES string of the molecule is COCc1ccccc1NC(N)=NCC(C)(C)Cc1ccccc1.I. The first-order chi connectivity index (χ1) is 11.5. The summed E-state index contributed by atoms with van der Waals surface area (Å²) in [7, 11) is 1.68. The van der Waals surface area contributed by atoms with Gasteiger partial charge in [-0.05, 0) is 23.5 Å². The largest absolute Gasteiger partial charge is 0.380 e. The summed E-state index contributed by atoms with van der Waals surface area (Å²) in [6.07, 6.45) is 0.963. The number of rotatable bonds is 7. The second-order valence-corrected chi connectivity index (χ2v) is 6.74. The number of para-hydroxylation sites is 1. The number of ether oxygens (including phenoxy) is 1. The number of nitrogens with two attached hydrogens (primary N) is 1. The topological polar surface area (TPSA) is 59.6 Å². The van der Waals surface area contributed by atoms with E-state index in [2.05, 4.69) is 48.4 Å². The first-order valence-corrected chi connectivity index (χ1v) is 8.18. The number of hydrogen-bond acceptors (Lipinski definition) is 2. The Morgan fingerprint density at radius 3 is 2.40 bits per heavy atom. The number of halogens is 1. The lowest BCUT2D eigenvalue weighted by Gasteiger charge is -2.23. The van der Waals surface area contributed by atoms with Crippen molar-refractivity contribution in [3.63, 3.8) is 0 Å². The van der Waals surface area contributed by atoms with Crippen LogP contribution in [0, 0.1) is 5.41 Å². The van der Waals surface area contributed by atoms with Gasteiger partial charge in [0.05, 0.1) is 6.61 Å². The van der Waals surface area contributed by atoms with Crippen molar-refractivity contribution in [1.29, 1.82) is 0 Å². The van der Waals surface area contributed by atoms with E-state index in [-0.39, 0.29) is 29.4 Å². The highest BCUT2D eigenvalue weighted by molar-refractivity contribution is 14.0. The van der Waals surface area contributed by atoms with Gasteiger partial charge in [0.2, 0.25) is 0 Å². The van der Waals surface area contributed by atoms with E-state index in [0.717, 1.165) is 17.7 Å². The normalized spacial score (nSPS) is 11.7. The van der Waals surface area contributed by atoms with Gasteiger partial charge in [0.25, 0.3) is 0 Å². The van der Waals surface area contributed by atoms with Gasteiger partial charge < -0.3 is 15.8 Å². The number of nitrogens with zero attached hydrogens (tertiary/aromatic N) is 1. The van der Waals surface area contributed by atoms with Crippen molar-refractivity contribution in [1.82, 2.24) is 0 Å². The molecule has 0 saturated heterocycles. The summed E-state index contributed by atoms with van der Waals surface area (Å²) in [5, 5.41) is 3.18. The lowest BCUT2D eigenvalue weighted by molar-refractivity contribution is 0.185. The molecule has 2 aromatic rings. The van der Waals surface area contributed by atoms with E-state index < -0.39 is 0 Å². The smallest absolute Gasteiger partial charge is 0.193 e. The minimum absolute atomic E-state index is 0. The van der Waals surface area contributed by atoms with Crippen LogP contribution in [0.5, 0.6) is 0 Å². The van der Waals surface area contributed by atoms with Crippen LogP contribution in [-0.4, -0.2) is 19.6 Å². The van der Waals surface area contributed by atoms with E-state index in [0.29, 0.717) is 19.1 Å². The average molecular weight is 453 g/mol. The van der Waals surface area contributed by atoms with E-state index in [1.54, 1.807) is 7.11 Å². The molecular weight excluding hydrogens is 425 g/mol. The number of anilines is 1. The van der Waals surface area contributed by atoms with Crippen LogP contribution >= 0.6 is 24.0 Å². The molecule has 4 nitrogen and oxygen atoms in total. The zero-order valence-corrected chi connectivity index (χ0v) is 17.5. The van der Waals surface area contributed by atoms with Crippen molar-refractivity contribution in [3.05, 3.63) is 65.7 Å². The summed E-state index contributed by atoms with van der Waals surface area (Å²) in [5.41, 5.74) is 9.41. The third-order valence-electron chi connectivity index (χ3n) is 3.78. The molecule has 0 unspecified atom stereocenters. The molecule has 0 spiro atoms. The fourth-order valence-electron chi connectivity index (χ4n) is 2.60. The van der Waals surface area contributed by atoms with Gasteiger partial charge in [-0.2, -0.15) is 0 Å². The summed E-state index contributed by atoms with van der Waals surface area (Å²) in [6.45, 7) is 5.61. The Labute approximate surface area is 167 Å². The third kappa shape index (κ3) is 7.44. The predicted octanol–water partition coefficient (Wildman–Crippen LogP) is 4.45. The van der Waals surface area contributed by atoms with Gasteiger partial charge in [0, 0.05) is 24.9 Å². The van der Waals surface area contributed by atoms with E-state index in [4.69, 9.17) is 10.5 Å². The molecule has 0 heterocycles. The number of nitrogens with one attached hydrogen (secondary N) is 1. The Balaban J connectivity index is 0.00000312. The van der Waals surface area contributed by atoms with E-state index in [1.165, 1.54) is 5.56 Å². The van der Waals surface area contributed by atoms with E-state index >= 15 is 0 Å². The van der Waals surface area contributed by atoms with E-state index in [9.17, 15) is 0 Å². The van der Waals surface area contributed by atoms with Crippen LogP contribution in [0.2, 0.25) is 0 Å². The van der Waals surface area contributed by atoms with Crippen molar-refractivity contribution in [3.8, 4) is 0 Å². The van der Waals surface area contributed by atoms with Gasteiger partial charge in [-0.3, -0.25) is 4.99 Å². The molecule has 0 aromatic heterocycles. The third-order valence-corrected chi connectivity index (χ3v) is 3.78. The summed E-state index contributed by atoms with van der Waals surface area (Å²) in [6, 6.07) is 18.4. The molecular formula is C20H28IN3O. The van der Waals surface area contributed by atoms with Gasteiger partial charge in [-0.15, -0.1) is 24.0 Å². The lowest BCUT2D eigenvalue weighted by Crippen LogP contribution is -2.27. The number of guanidine groups is 1. The molecule has 0 amide bonds. The monoisotopic (exact) mass is 453 g/mol. The maximum Gasteiger partial charge on any atom is 0.193 e. The van der Waals surface area contributed by atoms with Gasteiger partial charge in [-0.1, -0.05) is 62.4 Å². The fraction of sp³-hybridized carbons (Fsp3) is 0.350. The number of benzene rings is 2. The first kappa shape index (κ1) is 21.4. The van der Waals surface area contributed by atoms with Gasteiger partial charge in [0.15, 0.2) is 5.96 Å². The van der Waals surface area contributed by atoms with Gasteiger partial charge in [0.1, 0.15) is 0 Å². The second kappa shape index (κ2) is 10.4. The molecule has 2 aromatic carbocycles. The van der Waals surface area contributed by atoms with Crippen LogP contribution in [-0.2, 0) is 17.8 Å². The van der Waals surface area contributed by atoms with E-state index in [1.807, 2.05) is 30.3 Å². The summed E-state index contributed by atoms with van der Waals surface area (Å²) in [5.74, 6) is 0.430. The van der Waals surface area contributed by atoms with Crippen molar-refractivity contribution in [2.75, 3.05) is 19.0 Å². The summed E-state index contributed by atoms with van der Waals surface area (Å²) < 4.78 is 5.21. The Morgan fingerprint density at radius 1 is 1.08 bits per heavy atom. The molecule has 0 atom stereocenters. The van der Waals surface area contributed by atoms with Crippen LogP contribution in [0.4, 0.5) is 5.69 Å². The van der Waals surface area contributed by atoms with Crippen LogP contribution in [0.25, 0.3) is 0 Å². The zero-order chi connectivity index (χ0) is 17.4. The Bertz CT molecular complexity index is 672. The lowest BCUT2D eigenvalue weighted by atomic mass is 9.86. The molecule has 0 saturated carbocycles. The molecule has 0 aliphatic carbocycles. The van der Waals surface area contributed by atoms with Crippen molar-refractivity contribution >= 4 is 35.6 Å². The summed E-state index contributed by atoms with van der Waals surface area (Å²) >= 11 is 0. The Kier molecular flexibility index (Phi) is 8.92. The van der Waals surface area contributed by atoms with Crippen LogP contribution in [0.15, 0.2) is 59.6 Å². The van der Waals surface area contributed by atoms with Crippen molar-refractivity contribution in [2.24, 2.45) is 16.1 Å². The van der Waals surface area contributed by atoms with Crippen LogP contribution in [0.1, 0.15) is 25.0 Å². The molecule has 0 bridgehead atoms. The molecule has 0 fully saturated rings. The van der Waals surface area contributed by atoms with Crippen LogP contribution < -0.4 is 11.1 Å². The maximum absolute atomic E-state index is 6.07. The number of methoxy groups -OCH3 is 1. The first-order valence-electron chi connectivity index (χ1n) is 8.18. The highest BCUT2D eigenvalue weighted by Gasteiger charge is 2.18. The molecule has 5 heteroatoms. The average Bonchev–Trinajstić information content (AvgIpc) is 2.56. The quantitative estimate of drug-likeness (QED) is 0.370. The predicted molar refractivity (Wildman–Crippen MR) is 117 cm³/mol. The fourth-order valence-corrected chi connectivity index (χ4v) is 2.60. The molecule has 0 aliphatic rings. The molecule has 0 aliphatic heterocycles. The number of hydrogen-bond donors (Lipinski definition) is 2. The molecule has 0 radical (unpaired) electrons. The highest BCUT2D eigenvalue weighted by Crippen LogP contribution is 2.22. The Hall–Kier alpha value is -1.60. The van der Waals surface area contributed by atoms with Crippen LogP contribution in [0.3, 0.4) is 0 Å². The van der Waals surface area contributed by atoms with Gasteiger partial charge >= 0.3 is 0 Å². The maximum atomic E-state index is 6.07. The molecule has 136 valence electrons. The minimum atomic E-state index is 0. The molecule has 25 heavy (non-hydrogen) atoms. The van der Waals surface area contributed by atoms with Crippen molar-refractivity contribution < 1.29 is 4.74 Å². The minimum Gasteiger partial charge on any atom is -0.380 e.